The average molecular weight is 328 g/mol. The number of nitrogens with two attached hydrogens (primary N) is 1. The molecule has 1 aromatic carbocycles. The van der Waals surface area contributed by atoms with Crippen molar-refractivity contribution in [3.63, 3.8) is 0 Å². The second kappa shape index (κ2) is 7.54. The molecule has 2 rings (SSSR count). The Bertz CT molecular complexity index is 712. The molecular weight excluding hydrogens is 308 g/mol. The third kappa shape index (κ3) is 4.07. The van der Waals surface area contributed by atoms with Gasteiger partial charge in [-0.05, 0) is 24.1 Å². The molecule has 0 radical (unpaired) electrons. The maximum Gasteiger partial charge on any atom is 0.251 e. The van der Waals surface area contributed by atoms with Crippen LogP contribution < -0.4 is 15.8 Å². The number of hydrogen-bond acceptors (Lipinski definition) is 5. The highest BCUT2D eigenvalue weighted by Gasteiger charge is 2.22. The molecule has 0 aliphatic carbocycles. The van der Waals surface area contributed by atoms with E-state index in [2.05, 4.69) is 15.5 Å². The third-order valence-electron chi connectivity index (χ3n) is 3.55. The monoisotopic (exact) mass is 328 g/mol. The number of carbonyl (C=O) groups is 2. The van der Waals surface area contributed by atoms with Crippen LogP contribution in [0.2, 0.25) is 0 Å². The summed E-state index contributed by atoms with van der Waals surface area (Å²) in [7, 11) is 1.52. The first-order valence-corrected chi connectivity index (χ1v) is 7.50. The van der Waals surface area contributed by atoms with Gasteiger partial charge in [0.05, 0.1) is 12.8 Å². The zero-order valence-corrected chi connectivity index (χ0v) is 13.8. The molecule has 0 aliphatic rings. The first-order valence-electron chi connectivity index (χ1n) is 7.50. The summed E-state index contributed by atoms with van der Waals surface area (Å²) in [5.41, 5.74) is 7.23. The number of primary amides is 1. The molecule has 24 heavy (non-hydrogen) atoms. The molecule has 0 saturated carbocycles. The zero-order valence-electron chi connectivity index (χ0n) is 13.8. The first kappa shape index (κ1) is 17.4. The topological polar surface area (TPSA) is 107 Å². The van der Waals surface area contributed by atoms with Crippen molar-refractivity contribution in [3.8, 4) is 17.1 Å². The number of carbonyl (C=O) groups excluding carboxylic acids is 2. The van der Waals surface area contributed by atoms with Crippen LogP contribution in [0.1, 0.15) is 24.2 Å². The van der Waals surface area contributed by atoms with Crippen molar-refractivity contribution in [2.24, 2.45) is 11.7 Å². The van der Waals surface area contributed by atoms with Crippen LogP contribution in [0, 0.1) is 5.92 Å². The van der Waals surface area contributed by atoms with E-state index in [1.54, 1.807) is 36.4 Å². The Hall–Kier alpha value is -2.96. The lowest BCUT2D eigenvalue weighted by Crippen LogP contribution is -2.47. The van der Waals surface area contributed by atoms with Gasteiger partial charge in [-0.15, -0.1) is 10.2 Å². The van der Waals surface area contributed by atoms with Gasteiger partial charge in [-0.25, -0.2) is 0 Å². The van der Waals surface area contributed by atoms with Crippen molar-refractivity contribution in [2.75, 3.05) is 7.11 Å². The van der Waals surface area contributed by atoms with Crippen molar-refractivity contribution < 1.29 is 14.3 Å². The van der Waals surface area contributed by atoms with Gasteiger partial charge in [0, 0.05) is 17.2 Å². The van der Waals surface area contributed by atoms with Crippen LogP contribution in [0.4, 0.5) is 0 Å². The lowest BCUT2D eigenvalue weighted by atomic mass is 10.0. The molecule has 0 unspecified atom stereocenters. The summed E-state index contributed by atoms with van der Waals surface area (Å²) in [6.07, 6.45) is 0. The zero-order chi connectivity index (χ0) is 17.7. The van der Waals surface area contributed by atoms with Crippen LogP contribution in [0.3, 0.4) is 0 Å². The quantitative estimate of drug-likeness (QED) is 0.833. The van der Waals surface area contributed by atoms with E-state index in [1.807, 2.05) is 13.8 Å². The number of rotatable bonds is 6. The Balaban J connectivity index is 2.13. The number of ether oxygens (including phenoxy) is 1. The minimum absolute atomic E-state index is 0.0831. The second-order valence-corrected chi connectivity index (χ2v) is 5.64. The highest BCUT2D eigenvalue weighted by molar-refractivity contribution is 5.97. The standard InChI is InChI=1S/C17H20N4O3/c1-10(2)15(16(18)22)19-17(23)12-6-4-11(5-7-12)13-8-9-14(24-3)21-20-13/h4-10,15H,1-3H3,(H2,18,22)(H,19,23)/t15-/m0/s1. The minimum atomic E-state index is -0.704. The smallest absolute Gasteiger partial charge is 0.251 e. The van der Waals surface area contributed by atoms with Crippen LogP contribution in [-0.2, 0) is 4.79 Å². The SMILES string of the molecule is COc1ccc(-c2ccc(C(=O)N[C@H](C(N)=O)C(C)C)cc2)nn1. The molecule has 2 amide bonds. The van der Waals surface area contributed by atoms with Gasteiger partial charge in [-0.3, -0.25) is 9.59 Å². The number of nitrogens with one attached hydrogen (secondary N) is 1. The van der Waals surface area contributed by atoms with Crippen molar-refractivity contribution in [3.05, 3.63) is 42.0 Å². The number of methoxy groups -OCH3 is 1. The molecule has 1 heterocycles. The number of hydrogen-bond donors (Lipinski definition) is 2. The summed E-state index contributed by atoms with van der Waals surface area (Å²) in [6.45, 7) is 3.64. The summed E-state index contributed by atoms with van der Waals surface area (Å²) in [6, 6.07) is 9.64. The van der Waals surface area contributed by atoms with Crippen LogP contribution >= 0.6 is 0 Å². The number of aromatic nitrogens is 2. The highest BCUT2D eigenvalue weighted by atomic mass is 16.5. The Kier molecular flexibility index (Phi) is 5.47. The van der Waals surface area contributed by atoms with E-state index in [-0.39, 0.29) is 11.8 Å². The molecule has 2 aromatic rings. The fourth-order valence-corrected chi connectivity index (χ4v) is 2.17. The van der Waals surface area contributed by atoms with Crippen LogP contribution in [0.15, 0.2) is 36.4 Å². The Labute approximate surface area is 140 Å². The molecule has 0 fully saturated rings. The van der Waals surface area contributed by atoms with E-state index >= 15 is 0 Å². The molecule has 0 aliphatic heterocycles. The van der Waals surface area contributed by atoms with E-state index in [1.165, 1.54) is 7.11 Å². The van der Waals surface area contributed by atoms with Gasteiger partial charge in [0.2, 0.25) is 11.8 Å². The lowest BCUT2D eigenvalue weighted by Gasteiger charge is -2.18. The fourth-order valence-electron chi connectivity index (χ4n) is 2.17. The van der Waals surface area contributed by atoms with Crippen LogP contribution in [-0.4, -0.2) is 35.2 Å². The van der Waals surface area contributed by atoms with E-state index < -0.39 is 11.9 Å². The molecule has 3 N–H and O–H groups in total. The molecule has 126 valence electrons. The predicted molar refractivity (Wildman–Crippen MR) is 89.3 cm³/mol. The van der Waals surface area contributed by atoms with Gasteiger partial charge < -0.3 is 15.8 Å². The van der Waals surface area contributed by atoms with Crippen molar-refractivity contribution in [1.29, 1.82) is 0 Å². The normalized spacial score (nSPS) is 11.8. The largest absolute Gasteiger partial charge is 0.480 e. The van der Waals surface area contributed by atoms with Crippen molar-refractivity contribution in [2.45, 2.75) is 19.9 Å². The summed E-state index contributed by atoms with van der Waals surface area (Å²) < 4.78 is 4.97. The highest BCUT2D eigenvalue weighted by Crippen LogP contribution is 2.18. The third-order valence-corrected chi connectivity index (χ3v) is 3.55. The summed E-state index contributed by atoms with van der Waals surface area (Å²) >= 11 is 0. The molecule has 0 saturated heterocycles. The van der Waals surface area contributed by atoms with Gasteiger partial charge in [0.25, 0.3) is 5.91 Å². The summed E-state index contributed by atoms with van der Waals surface area (Å²) in [4.78, 5) is 23.6. The Morgan fingerprint density at radius 3 is 2.21 bits per heavy atom. The van der Waals surface area contributed by atoms with Gasteiger partial charge in [-0.1, -0.05) is 26.0 Å². The summed E-state index contributed by atoms with van der Waals surface area (Å²) in [5.74, 6) is -0.551. The fraction of sp³-hybridized carbons (Fsp3) is 0.294. The second-order valence-electron chi connectivity index (χ2n) is 5.64. The van der Waals surface area contributed by atoms with Crippen LogP contribution in [0.5, 0.6) is 5.88 Å². The van der Waals surface area contributed by atoms with Crippen molar-refractivity contribution in [1.82, 2.24) is 15.5 Å². The summed E-state index contributed by atoms with van der Waals surface area (Å²) in [5, 5.41) is 10.6. The van der Waals surface area contributed by atoms with E-state index in [9.17, 15) is 9.59 Å². The molecule has 7 nitrogen and oxygen atoms in total. The Morgan fingerprint density at radius 2 is 1.75 bits per heavy atom. The first-order chi connectivity index (χ1) is 11.4. The van der Waals surface area contributed by atoms with Gasteiger partial charge in [0.15, 0.2) is 0 Å². The molecule has 1 atom stereocenters. The molecule has 1 aromatic heterocycles. The molecule has 0 spiro atoms. The maximum atomic E-state index is 12.2. The lowest BCUT2D eigenvalue weighted by molar-refractivity contribution is -0.120. The van der Waals surface area contributed by atoms with Gasteiger partial charge >= 0.3 is 0 Å². The minimum Gasteiger partial charge on any atom is -0.480 e. The van der Waals surface area contributed by atoms with E-state index in [0.29, 0.717) is 17.1 Å². The van der Waals surface area contributed by atoms with Crippen LogP contribution in [0.25, 0.3) is 11.3 Å². The van der Waals surface area contributed by atoms with Gasteiger partial charge in [0.1, 0.15) is 6.04 Å². The van der Waals surface area contributed by atoms with E-state index in [4.69, 9.17) is 10.5 Å². The molecular formula is C17H20N4O3. The van der Waals surface area contributed by atoms with E-state index in [0.717, 1.165) is 5.56 Å². The number of benzene rings is 1. The average Bonchev–Trinajstić information content (AvgIpc) is 2.59. The molecule has 7 heteroatoms. The predicted octanol–water partition coefficient (Wildman–Crippen LogP) is 1.39. The van der Waals surface area contributed by atoms with Gasteiger partial charge in [-0.2, -0.15) is 0 Å². The molecule has 0 bridgehead atoms. The number of nitrogens with zero attached hydrogens (tertiary/aromatic N) is 2. The Morgan fingerprint density at radius 1 is 1.08 bits per heavy atom. The number of amides is 2. The van der Waals surface area contributed by atoms with Crippen molar-refractivity contribution >= 4 is 11.8 Å². The maximum absolute atomic E-state index is 12.2.